The summed E-state index contributed by atoms with van der Waals surface area (Å²) in [6.07, 6.45) is 2.17. The molecular weight excluding hydrogens is 384 g/mol. The van der Waals surface area contributed by atoms with Crippen molar-refractivity contribution in [3.05, 3.63) is 76.0 Å². The summed E-state index contributed by atoms with van der Waals surface area (Å²) in [5.41, 5.74) is 1.76. The summed E-state index contributed by atoms with van der Waals surface area (Å²) >= 11 is 0. The van der Waals surface area contributed by atoms with Gasteiger partial charge in [-0.3, -0.25) is 15.0 Å². The molecule has 0 amide bonds. The molecule has 0 spiro atoms. The van der Waals surface area contributed by atoms with Crippen LogP contribution in [0.1, 0.15) is 30.2 Å². The molecule has 0 aliphatic carbocycles. The highest BCUT2D eigenvalue weighted by molar-refractivity contribution is 5.69. The third-order valence-electron chi connectivity index (χ3n) is 5.70. The summed E-state index contributed by atoms with van der Waals surface area (Å²) in [6, 6.07) is 16.8. The van der Waals surface area contributed by atoms with Crippen molar-refractivity contribution in [2.45, 2.75) is 25.4 Å². The first-order valence-electron chi connectivity index (χ1n) is 10.1. The Kier molecular flexibility index (Phi) is 4.88. The van der Waals surface area contributed by atoms with Gasteiger partial charge in [0.1, 0.15) is 24.7 Å². The maximum atomic E-state index is 11.3. The number of likely N-dealkylation sites (tertiary alicyclic amines) is 1. The Balaban J connectivity index is 1.36. The Hall–Kier alpha value is -3.32. The molecule has 0 saturated carbocycles. The van der Waals surface area contributed by atoms with Crippen LogP contribution in [0.5, 0.6) is 11.5 Å². The van der Waals surface area contributed by atoms with E-state index in [-0.39, 0.29) is 16.7 Å². The van der Waals surface area contributed by atoms with Gasteiger partial charge in [-0.25, -0.2) is 0 Å². The maximum absolute atomic E-state index is 11.3. The van der Waals surface area contributed by atoms with Gasteiger partial charge in [0.05, 0.1) is 17.0 Å². The number of nitrogens with zero attached hydrogens (tertiary/aromatic N) is 2. The van der Waals surface area contributed by atoms with Gasteiger partial charge in [-0.05, 0) is 55.3 Å². The van der Waals surface area contributed by atoms with Gasteiger partial charge in [-0.2, -0.15) is 0 Å². The second kappa shape index (κ2) is 7.84. The van der Waals surface area contributed by atoms with E-state index in [0.29, 0.717) is 31.1 Å². The molecule has 1 atom stereocenters. The van der Waals surface area contributed by atoms with Gasteiger partial charge in [0.15, 0.2) is 11.5 Å². The van der Waals surface area contributed by atoms with Crippen LogP contribution < -0.4 is 9.47 Å². The fourth-order valence-corrected chi connectivity index (χ4v) is 4.31. The van der Waals surface area contributed by atoms with Crippen molar-refractivity contribution in [2.75, 3.05) is 19.8 Å². The van der Waals surface area contributed by atoms with Crippen LogP contribution in [0.3, 0.4) is 0 Å². The molecule has 30 heavy (non-hydrogen) atoms. The van der Waals surface area contributed by atoms with Gasteiger partial charge >= 0.3 is 0 Å². The van der Waals surface area contributed by atoms with Crippen molar-refractivity contribution < 1.29 is 18.8 Å². The lowest BCUT2D eigenvalue weighted by atomic mass is 10.0. The van der Waals surface area contributed by atoms with Crippen LogP contribution in [0.2, 0.25) is 0 Å². The Morgan fingerprint density at radius 2 is 1.87 bits per heavy atom. The van der Waals surface area contributed by atoms with Crippen molar-refractivity contribution in [1.82, 2.24) is 4.90 Å². The molecule has 5 rings (SSSR count). The molecule has 1 unspecified atom stereocenters. The quantitative estimate of drug-likeness (QED) is 0.440. The third-order valence-corrected chi connectivity index (χ3v) is 5.70. The van der Waals surface area contributed by atoms with Gasteiger partial charge < -0.3 is 13.9 Å². The van der Waals surface area contributed by atoms with Gasteiger partial charge in [0.25, 0.3) is 5.69 Å². The monoisotopic (exact) mass is 406 g/mol. The normalized spacial score (nSPS) is 18.5. The van der Waals surface area contributed by atoms with E-state index in [1.54, 1.807) is 18.2 Å². The van der Waals surface area contributed by atoms with E-state index in [1.165, 1.54) is 11.6 Å². The molecule has 7 heteroatoms. The van der Waals surface area contributed by atoms with Gasteiger partial charge in [0, 0.05) is 12.1 Å². The predicted octanol–water partition coefficient (Wildman–Crippen LogP) is 4.96. The Morgan fingerprint density at radius 1 is 1.03 bits per heavy atom. The topological polar surface area (TPSA) is 78.0 Å². The molecule has 3 heterocycles. The molecule has 2 aromatic carbocycles. The molecule has 2 aliphatic rings. The number of nitro groups is 1. The number of nitro benzene ring substituents is 1. The minimum atomic E-state index is -0.379. The van der Waals surface area contributed by atoms with Gasteiger partial charge in [0.2, 0.25) is 0 Å². The second-order valence-corrected chi connectivity index (χ2v) is 7.57. The number of rotatable bonds is 5. The second-order valence-electron chi connectivity index (χ2n) is 7.57. The van der Waals surface area contributed by atoms with Crippen molar-refractivity contribution in [3.63, 3.8) is 0 Å². The lowest BCUT2D eigenvalue weighted by Crippen LogP contribution is -2.23. The SMILES string of the molecule is O=[N+]([O-])c1ccccc1-c1ccc(CN2CCCC2c2ccc3c(c2)OCCO3)o1. The zero-order valence-electron chi connectivity index (χ0n) is 16.5. The summed E-state index contributed by atoms with van der Waals surface area (Å²) in [5, 5.41) is 11.3. The first kappa shape index (κ1) is 18.7. The summed E-state index contributed by atoms with van der Waals surface area (Å²) in [6.45, 7) is 2.79. The Labute approximate surface area is 174 Å². The van der Waals surface area contributed by atoms with E-state index in [4.69, 9.17) is 13.9 Å². The summed E-state index contributed by atoms with van der Waals surface area (Å²) in [5.74, 6) is 2.93. The molecule has 0 bridgehead atoms. The van der Waals surface area contributed by atoms with Crippen LogP contribution in [0, 0.1) is 10.1 Å². The fraction of sp³-hybridized carbons (Fsp3) is 0.304. The van der Waals surface area contributed by atoms with E-state index in [1.807, 2.05) is 18.2 Å². The third kappa shape index (κ3) is 3.52. The summed E-state index contributed by atoms with van der Waals surface area (Å²) < 4.78 is 17.4. The van der Waals surface area contributed by atoms with Crippen LogP contribution in [0.4, 0.5) is 5.69 Å². The van der Waals surface area contributed by atoms with E-state index in [2.05, 4.69) is 17.0 Å². The molecule has 154 valence electrons. The number of ether oxygens (including phenoxy) is 2. The zero-order valence-corrected chi connectivity index (χ0v) is 16.5. The number of benzene rings is 2. The highest BCUT2D eigenvalue weighted by Gasteiger charge is 2.28. The molecule has 0 N–H and O–H groups in total. The molecule has 7 nitrogen and oxygen atoms in total. The average Bonchev–Trinajstić information content (AvgIpc) is 3.43. The molecule has 2 aliphatic heterocycles. The molecule has 1 aromatic heterocycles. The number of fused-ring (bicyclic) bond motifs is 1. The zero-order chi connectivity index (χ0) is 20.5. The van der Waals surface area contributed by atoms with Crippen molar-refractivity contribution in [1.29, 1.82) is 0 Å². The average molecular weight is 406 g/mol. The maximum Gasteiger partial charge on any atom is 0.280 e. The smallest absolute Gasteiger partial charge is 0.280 e. The number of hydrogen-bond acceptors (Lipinski definition) is 6. The minimum absolute atomic E-state index is 0.0497. The summed E-state index contributed by atoms with van der Waals surface area (Å²) in [7, 11) is 0. The molecule has 1 fully saturated rings. The Morgan fingerprint density at radius 3 is 2.73 bits per heavy atom. The van der Waals surface area contributed by atoms with Crippen LogP contribution in [-0.4, -0.2) is 29.6 Å². The van der Waals surface area contributed by atoms with Crippen LogP contribution in [0.15, 0.2) is 59.0 Å². The minimum Gasteiger partial charge on any atom is -0.486 e. The van der Waals surface area contributed by atoms with E-state index in [0.717, 1.165) is 36.6 Å². The molecule has 0 radical (unpaired) electrons. The molecular formula is C23H22N2O5. The summed E-state index contributed by atoms with van der Waals surface area (Å²) in [4.78, 5) is 13.3. The highest BCUT2D eigenvalue weighted by atomic mass is 16.6. The number of furan rings is 1. The lowest BCUT2D eigenvalue weighted by Gasteiger charge is -2.26. The number of para-hydroxylation sites is 1. The first-order valence-corrected chi connectivity index (χ1v) is 10.1. The van der Waals surface area contributed by atoms with E-state index in [9.17, 15) is 10.1 Å². The van der Waals surface area contributed by atoms with Gasteiger partial charge in [-0.1, -0.05) is 18.2 Å². The van der Waals surface area contributed by atoms with Gasteiger partial charge in [-0.15, -0.1) is 0 Å². The molecule has 1 saturated heterocycles. The van der Waals surface area contributed by atoms with Crippen molar-refractivity contribution >= 4 is 5.69 Å². The van der Waals surface area contributed by atoms with Crippen LogP contribution in [0.25, 0.3) is 11.3 Å². The van der Waals surface area contributed by atoms with Crippen molar-refractivity contribution in [3.8, 4) is 22.8 Å². The first-order chi connectivity index (χ1) is 14.7. The predicted molar refractivity (Wildman–Crippen MR) is 111 cm³/mol. The standard InChI is InChI=1S/C23H22N2O5/c26-25(27)20-5-2-1-4-18(20)21-10-8-17(30-21)15-24-11-3-6-19(24)16-7-9-22-23(14-16)29-13-12-28-22/h1-2,4-5,7-10,14,19H,3,6,11-13,15H2. The van der Waals surface area contributed by atoms with Crippen LogP contribution in [-0.2, 0) is 6.54 Å². The number of hydrogen-bond donors (Lipinski definition) is 0. The van der Waals surface area contributed by atoms with E-state index < -0.39 is 0 Å². The lowest BCUT2D eigenvalue weighted by molar-refractivity contribution is -0.384. The Bertz CT molecular complexity index is 1080. The fourth-order valence-electron chi connectivity index (χ4n) is 4.31. The van der Waals surface area contributed by atoms with E-state index >= 15 is 0 Å². The van der Waals surface area contributed by atoms with Crippen LogP contribution >= 0.6 is 0 Å². The highest BCUT2D eigenvalue weighted by Crippen LogP contribution is 2.39. The molecule has 3 aromatic rings. The van der Waals surface area contributed by atoms with Crippen molar-refractivity contribution in [2.24, 2.45) is 0 Å². The largest absolute Gasteiger partial charge is 0.486 e.